The maximum atomic E-state index is 13.3. The van der Waals surface area contributed by atoms with Crippen LogP contribution in [-0.4, -0.2) is 19.8 Å². The zero-order chi connectivity index (χ0) is 11.3. The van der Waals surface area contributed by atoms with Crippen molar-refractivity contribution in [3.63, 3.8) is 0 Å². The minimum atomic E-state index is -0.232. The van der Waals surface area contributed by atoms with Gasteiger partial charge in [-0.1, -0.05) is 11.6 Å². The van der Waals surface area contributed by atoms with Crippen LogP contribution in [0.1, 0.15) is 12.0 Å². The van der Waals surface area contributed by atoms with Gasteiger partial charge < -0.3 is 10.5 Å². The highest BCUT2D eigenvalue weighted by atomic mass is 35.5. The Morgan fingerprint density at radius 1 is 1.53 bits per heavy atom. The van der Waals surface area contributed by atoms with Gasteiger partial charge >= 0.3 is 0 Å². The molecule has 0 spiro atoms. The SMILES string of the molecule is COCC(N)CCc1cc(Cl)ccc1F. The number of methoxy groups -OCH3 is 1. The summed E-state index contributed by atoms with van der Waals surface area (Å²) >= 11 is 5.77. The maximum Gasteiger partial charge on any atom is 0.126 e. The van der Waals surface area contributed by atoms with Gasteiger partial charge in [-0.2, -0.15) is 0 Å². The van der Waals surface area contributed by atoms with Crippen LogP contribution in [0.3, 0.4) is 0 Å². The van der Waals surface area contributed by atoms with Crippen LogP contribution in [0.4, 0.5) is 4.39 Å². The third kappa shape index (κ3) is 4.16. The zero-order valence-electron chi connectivity index (χ0n) is 8.67. The van der Waals surface area contributed by atoms with E-state index in [4.69, 9.17) is 22.1 Å². The molecule has 2 N–H and O–H groups in total. The molecule has 0 amide bonds. The molecule has 1 unspecified atom stereocenters. The van der Waals surface area contributed by atoms with Gasteiger partial charge in [-0.25, -0.2) is 4.39 Å². The third-order valence-electron chi connectivity index (χ3n) is 2.17. The van der Waals surface area contributed by atoms with E-state index >= 15 is 0 Å². The monoisotopic (exact) mass is 231 g/mol. The summed E-state index contributed by atoms with van der Waals surface area (Å²) in [7, 11) is 1.60. The van der Waals surface area contributed by atoms with Crippen molar-refractivity contribution in [2.75, 3.05) is 13.7 Å². The van der Waals surface area contributed by atoms with Crippen LogP contribution in [-0.2, 0) is 11.2 Å². The molecule has 1 aromatic rings. The van der Waals surface area contributed by atoms with Gasteiger partial charge in [0.15, 0.2) is 0 Å². The van der Waals surface area contributed by atoms with Gasteiger partial charge in [-0.05, 0) is 36.6 Å². The fourth-order valence-electron chi connectivity index (χ4n) is 1.37. The summed E-state index contributed by atoms with van der Waals surface area (Å²) in [6.45, 7) is 0.488. The molecule has 0 aromatic heterocycles. The highest BCUT2D eigenvalue weighted by Gasteiger charge is 2.06. The first kappa shape index (κ1) is 12.4. The molecule has 15 heavy (non-hydrogen) atoms. The van der Waals surface area contributed by atoms with Crippen molar-refractivity contribution in [2.24, 2.45) is 5.73 Å². The van der Waals surface area contributed by atoms with Crippen LogP contribution in [0.25, 0.3) is 0 Å². The minimum Gasteiger partial charge on any atom is -0.383 e. The van der Waals surface area contributed by atoms with Crippen LogP contribution >= 0.6 is 11.6 Å². The van der Waals surface area contributed by atoms with Gasteiger partial charge in [0.2, 0.25) is 0 Å². The number of halogens is 2. The van der Waals surface area contributed by atoms with E-state index in [0.717, 1.165) is 0 Å². The van der Waals surface area contributed by atoms with Gasteiger partial charge in [0, 0.05) is 18.2 Å². The Morgan fingerprint density at radius 3 is 2.93 bits per heavy atom. The molecule has 1 aromatic carbocycles. The van der Waals surface area contributed by atoms with E-state index in [1.54, 1.807) is 13.2 Å². The summed E-state index contributed by atoms with van der Waals surface area (Å²) < 4.78 is 18.2. The lowest BCUT2D eigenvalue weighted by Gasteiger charge is -2.10. The Labute approximate surface area is 94.2 Å². The topological polar surface area (TPSA) is 35.2 Å². The molecule has 0 bridgehead atoms. The molecule has 4 heteroatoms. The molecule has 0 heterocycles. The van der Waals surface area contributed by atoms with Crippen molar-refractivity contribution in [3.8, 4) is 0 Å². The summed E-state index contributed by atoms with van der Waals surface area (Å²) in [4.78, 5) is 0. The van der Waals surface area contributed by atoms with Crippen molar-refractivity contribution < 1.29 is 9.13 Å². The molecule has 0 aliphatic heterocycles. The quantitative estimate of drug-likeness (QED) is 0.845. The van der Waals surface area contributed by atoms with Gasteiger partial charge in [0.05, 0.1) is 6.61 Å². The molecular weight excluding hydrogens is 217 g/mol. The summed E-state index contributed by atoms with van der Waals surface area (Å²) in [6.07, 6.45) is 1.27. The predicted octanol–water partition coefficient (Wildman–Crippen LogP) is 2.39. The Bertz CT molecular complexity index is 319. The summed E-state index contributed by atoms with van der Waals surface area (Å²) in [5, 5.41) is 0.548. The lowest BCUT2D eigenvalue weighted by atomic mass is 10.1. The number of benzene rings is 1. The second-order valence-electron chi connectivity index (χ2n) is 3.49. The first-order chi connectivity index (χ1) is 7.13. The standard InChI is InChI=1S/C11H15ClFNO/c1-15-7-10(14)4-2-8-6-9(12)3-5-11(8)13/h3,5-6,10H,2,4,7,14H2,1H3. The fraction of sp³-hybridized carbons (Fsp3) is 0.455. The summed E-state index contributed by atoms with van der Waals surface area (Å²) in [5.74, 6) is -0.232. The van der Waals surface area contributed by atoms with Crippen molar-refractivity contribution >= 4 is 11.6 Å². The number of nitrogens with two attached hydrogens (primary N) is 1. The Kier molecular flexibility index (Phi) is 5.02. The van der Waals surface area contributed by atoms with E-state index < -0.39 is 0 Å². The van der Waals surface area contributed by atoms with Gasteiger partial charge in [0.1, 0.15) is 5.82 Å². The molecule has 0 aliphatic carbocycles. The number of hydrogen-bond donors (Lipinski definition) is 1. The first-order valence-corrected chi connectivity index (χ1v) is 5.19. The molecule has 0 aliphatic rings. The molecule has 0 saturated carbocycles. The predicted molar refractivity (Wildman–Crippen MR) is 59.6 cm³/mol. The second-order valence-corrected chi connectivity index (χ2v) is 3.93. The van der Waals surface area contributed by atoms with E-state index in [2.05, 4.69) is 0 Å². The number of rotatable bonds is 5. The van der Waals surface area contributed by atoms with Crippen LogP contribution in [0.5, 0.6) is 0 Å². The Hall–Kier alpha value is -0.640. The number of hydrogen-bond acceptors (Lipinski definition) is 2. The normalized spacial score (nSPS) is 12.8. The van der Waals surface area contributed by atoms with Gasteiger partial charge in [-0.3, -0.25) is 0 Å². The number of ether oxygens (including phenoxy) is 1. The molecule has 84 valence electrons. The van der Waals surface area contributed by atoms with Crippen molar-refractivity contribution in [1.29, 1.82) is 0 Å². The fourth-order valence-corrected chi connectivity index (χ4v) is 1.57. The van der Waals surface area contributed by atoms with Crippen molar-refractivity contribution in [2.45, 2.75) is 18.9 Å². The second kappa shape index (κ2) is 6.05. The average molecular weight is 232 g/mol. The van der Waals surface area contributed by atoms with E-state index in [1.165, 1.54) is 12.1 Å². The van der Waals surface area contributed by atoms with Crippen molar-refractivity contribution in [1.82, 2.24) is 0 Å². The maximum absolute atomic E-state index is 13.3. The molecular formula is C11H15ClFNO. The third-order valence-corrected chi connectivity index (χ3v) is 2.41. The Morgan fingerprint density at radius 2 is 2.27 bits per heavy atom. The molecule has 0 radical (unpaired) electrons. The highest BCUT2D eigenvalue weighted by molar-refractivity contribution is 6.30. The molecule has 0 fully saturated rings. The minimum absolute atomic E-state index is 0.0617. The summed E-state index contributed by atoms with van der Waals surface area (Å²) in [6, 6.07) is 4.49. The molecule has 1 rings (SSSR count). The lowest BCUT2D eigenvalue weighted by Crippen LogP contribution is -2.26. The molecule has 1 atom stereocenters. The first-order valence-electron chi connectivity index (χ1n) is 4.82. The van der Waals surface area contributed by atoms with E-state index in [1.807, 2.05) is 0 Å². The molecule has 0 saturated heterocycles. The van der Waals surface area contributed by atoms with Gasteiger partial charge in [-0.15, -0.1) is 0 Å². The molecule has 2 nitrogen and oxygen atoms in total. The smallest absolute Gasteiger partial charge is 0.126 e. The largest absolute Gasteiger partial charge is 0.383 e. The van der Waals surface area contributed by atoms with Crippen LogP contribution < -0.4 is 5.73 Å². The Balaban J connectivity index is 2.53. The number of aryl methyl sites for hydroxylation is 1. The van der Waals surface area contributed by atoms with Crippen LogP contribution in [0, 0.1) is 5.82 Å². The van der Waals surface area contributed by atoms with Crippen molar-refractivity contribution in [3.05, 3.63) is 34.6 Å². The summed E-state index contributed by atoms with van der Waals surface area (Å²) in [5.41, 5.74) is 6.35. The van der Waals surface area contributed by atoms with Gasteiger partial charge in [0.25, 0.3) is 0 Å². The van der Waals surface area contributed by atoms with Crippen LogP contribution in [0.2, 0.25) is 5.02 Å². The zero-order valence-corrected chi connectivity index (χ0v) is 9.43. The lowest BCUT2D eigenvalue weighted by molar-refractivity contribution is 0.177. The highest BCUT2D eigenvalue weighted by Crippen LogP contribution is 2.16. The van der Waals surface area contributed by atoms with Crippen LogP contribution in [0.15, 0.2) is 18.2 Å². The van der Waals surface area contributed by atoms with E-state index in [9.17, 15) is 4.39 Å². The van der Waals surface area contributed by atoms with E-state index in [-0.39, 0.29) is 11.9 Å². The van der Waals surface area contributed by atoms with E-state index in [0.29, 0.717) is 30.0 Å². The average Bonchev–Trinajstić information content (AvgIpc) is 2.20.